The maximum atomic E-state index is 11.8. The number of hydrogen-bond acceptors (Lipinski definition) is 7. The fourth-order valence-corrected chi connectivity index (χ4v) is 1.64. The fraction of sp³-hybridized carbons (Fsp3) is 0.0714. The second kappa shape index (κ2) is 7.54. The molecule has 0 aliphatic carbocycles. The van der Waals surface area contributed by atoms with Gasteiger partial charge in [-0.2, -0.15) is 5.10 Å². The van der Waals surface area contributed by atoms with Gasteiger partial charge in [0.05, 0.1) is 24.4 Å². The lowest BCUT2D eigenvalue weighted by atomic mass is 10.2. The third-order valence-corrected chi connectivity index (χ3v) is 2.73. The van der Waals surface area contributed by atoms with Crippen LogP contribution in [0, 0.1) is 10.1 Å². The minimum absolute atomic E-state index is 0.0386. The van der Waals surface area contributed by atoms with Gasteiger partial charge in [0.25, 0.3) is 11.8 Å². The summed E-state index contributed by atoms with van der Waals surface area (Å²) in [6.45, 7) is -0.372. The molecule has 3 N–H and O–H groups in total. The Balaban J connectivity index is 1.81. The van der Waals surface area contributed by atoms with E-state index in [2.05, 4.69) is 15.8 Å². The first kappa shape index (κ1) is 16.7. The second-order valence-electron chi connectivity index (χ2n) is 4.43. The summed E-state index contributed by atoms with van der Waals surface area (Å²) in [7, 11) is 0. The lowest BCUT2D eigenvalue weighted by molar-refractivity contribution is -0.402. The number of rotatable bonds is 6. The second-order valence-corrected chi connectivity index (χ2v) is 4.43. The van der Waals surface area contributed by atoms with Gasteiger partial charge in [-0.05, 0) is 18.2 Å². The molecule has 0 atom stereocenters. The first-order valence-electron chi connectivity index (χ1n) is 6.59. The predicted molar refractivity (Wildman–Crippen MR) is 81.5 cm³/mol. The monoisotopic (exact) mass is 332 g/mol. The summed E-state index contributed by atoms with van der Waals surface area (Å²) in [4.78, 5) is 33.0. The maximum absolute atomic E-state index is 11.8. The van der Waals surface area contributed by atoms with E-state index in [0.717, 1.165) is 12.3 Å². The Morgan fingerprint density at radius 1 is 1.29 bits per heavy atom. The van der Waals surface area contributed by atoms with Gasteiger partial charge in [0.1, 0.15) is 10.7 Å². The molecule has 2 amide bonds. The van der Waals surface area contributed by atoms with Crippen molar-refractivity contribution in [1.29, 1.82) is 0 Å². The van der Waals surface area contributed by atoms with Gasteiger partial charge in [-0.25, -0.2) is 5.43 Å². The number of nitrogens with zero attached hydrogens (tertiary/aromatic N) is 2. The van der Waals surface area contributed by atoms with Crippen molar-refractivity contribution in [3.05, 3.63) is 57.8 Å². The van der Waals surface area contributed by atoms with E-state index in [1.165, 1.54) is 18.2 Å². The highest BCUT2D eigenvalue weighted by Crippen LogP contribution is 2.15. The van der Waals surface area contributed by atoms with Crippen LogP contribution in [0.25, 0.3) is 0 Å². The molecule has 10 nitrogen and oxygen atoms in total. The lowest BCUT2D eigenvalue weighted by Gasteiger charge is -2.05. The Bertz CT molecular complexity index is 798. The summed E-state index contributed by atoms with van der Waals surface area (Å²) in [5.74, 6) is -1.81. The van der Waals surface area contributed by atoms with Crippen LogP contribution in [0.5, 0.6) is 5.75 Å². The van der Waals surface area contributed by atoms with E-state index in [9.17, 15) is 24.8 Å². The molecule has 0 bridgehead atoms. The third kappa shape index (κ3) is 4.40. The van der Waals surface area contributed by atoms with E-state index in [4.69, 9.17) is 4.42 Å². The maximum Gasteiger partial charge on any atom is 0.433 e. The first-order chi connectivity index (χ1) is 11.5. The van der Waals surface area contributed by atoms with Gasteiger partial charge in [0, 0.05) is 0 Å². The summed E-state index contributed by atoms with van der Waals surface area (Å²) < 4.78 is 4.80. The third-order valence-electron chi connectivity index (χ3n) is 2.73. The molecule has 0 aliphatic rings. The largest absolute Gasteiger partial charge is 0.507 e. The van der Waals surface area contributed by atoms with Gasteiger partial charge in [0.15, 0.2) is 5.76 Å². The molecular weight excluding hydrogens is 320 g/mol. The summed E-state index contributed by atoms with van der Waals surface area (Å²) in [5.41, 5.74) is 2.15. The van der Waals surface area contributed by atoms with E-state index in [1.54, 1.807) is 12.1 Å². The van der Waals surface area contributed by atoms with Crippen LogP contribution in [0.3, 0.4) is 0 Å². The molecule has 24 heavy (non-hydrogen) atoms. The van der Waals surface area contributed by atoms with E-state index >= 15 is 0 Å². The zero-order chi connectivity index (χ0) is 17.5. The van der Waals surface area contributed by atoms with E-state index in [-0.39, 0.29) is 23.6 Å². The van der Waals surface area contributed by atoms with Crippen molar-refractivity contribution in [2.24, 2.45) is 5.10 Å². The van der Waals surface area contributed by atoms with Gasteiger partial charge in [-0.1, -0.05) is 12.1 Å². The number of aromatic hydroxyl groups is 1. The Morgan fingerprint density at radius 2 is 2.04 bits per heavy atom. The Morgan fingerprint density at radius 3 is 2.71 bits per heavy atom. The number of carbonyl (C=O) groups excluding carboxylic acids is 2. The van der Waals surface area contributed by atoms with Crippen molar-refractivity contribution in [3.8, 4) is 5.75 Å². The van der Waals surface area contributed by atoms with Crippen LogP contribution in [0.1, 0.15) is 16.1 Å². The van der Waals surface area contributed by atoms with Crippen LogP contribution in [-0.4, -0.2) is 34.6 Å². The van der Waals surface area contributed by atoms with Crippen molar-refractivity contribution < 1.29 is 24.0 Å². The molecule has 0 radical (unpaired) electrons. The molecule has 0 spiro atoms. The number of furan rings is 1. The molecule has 0 fully saturated rings. The molecule has 1 aromatic heterocycles. The highest BCUT2D eigenvalue weighted by molar-refractivity contribution is 5.98. The highest BCUT2D eigenvalue weighted by Gasteiger charge is 2.12. The SMILES string of the molecule is O=C(CNC(=O)c1ccccc1O)N/N=C/c1ccc([N+](=O)[O-])o1. The van der Waals surface area contributed by atoms with Crippen LogP contribution in [0.2, 0.25) is 0 Å². The predicted octanol–water partition coefficient (Wildman–Crippen LogP) is 0.773. The molecule has 10 heteroatoms. The molecule has 0 unspecified atom stereocenters. The van der Waals surface area contributed by atoms with Crippen molar-refractivity contribution >= 4 is 23.9 Å². The molecule has 0 aliphatic heterocycles. The van der Waals surface area contributed by atoms with Crippen LogP contribution < -0.4 is 10.7 Å². The zero-order valence-electron chi connectivity index (χ0n) is 12.1. The summed E-state index contributed by atoms with van der Waals surface area (Å²) in [6.07, 6.45) is 1.08. The summed E-state index contributed by atoms with van der Waals surface area (Å²) >= 11 is 0. The average molecular weight is 332 g/mol. The number of phenols is 1. The molecule has 1 heterocycles. The van der Waals surface area contributed by atoms with Crippen molar-refractivity contribution in [2.45, 2.75) is 0 Å². The number of benzene rings is 1. The Labute approximate surface area is 134 Å². The lowest BCUT2D eigenvalue weighted by Crippen LogP contribution is -2.34. The molecule has 0 saturated carbocycles. The van der Waals surface area contributed by atoms with Gasteiger partial charge in [-0.15, -0.1) is 0 Å². The quantitative estimate of drug-likeness (QED) is 0.404. The number of carbonyl (C=O) groups is 2. The Kier molecular flexibility index (Phi) is 5.24. The Hall–Kier alpha value is -3.69. The standard InChI is InChI=1S/C14H12N4O6/c19-11-4-2-1-3-10(11)14(21)15-8-12(20)17-16-7-9-5-6-13(24-9)18(22)23/h1-7,19H,8H2,(H,15,21)(H,17,20)/b16-7+. The molecule has 0 saturated heterocycles. The molecule has 1 aromatic carbocycles. The number of para-hydroxylation sites is 1. The van der Waals surface area contributed by atoms with Crippen LogP contribution in [-0.2, 0) is 4.79 Å². The minimum atomic E-state index is -0.704. The van der Waals surface area contributed by atoms with E-state index in [1.807, 2.05) is 0 Å². The van der Waals surface area contributed by atoms with Gasteiger partial charge >= 0.3 is 5.88 Å². The number of hydrogen-bond donors (Lipinski definition) is 3. The number of phenolic OH excluding ortho intramolecular Hbond substituents is 1. The van der Waals surface area contributed by atoms with Crippen LogP contribution in [0.15, 0.2) is 45.9 Å². The molecule has 2 rings (SSSR count). The zero-order valence-corrected chi connectivity index (χ0v) is 12.1. The first-order valence-corrected chi connectivity index (χ1v) is 6.59. The number of hydrazone groups is 1. The minimum Gasteiger partial charge on any atom is -0.507 e. The highest BCUT2D eigenvalue weighted by atomic mass is 16.6. The smallest absolute Gasteiger partial charge is 0.433 e. The molecular formula is C14H12N4O6. The number of nitrogens with one attached hydrogen (secondary N) is 2. The van der Waals surface area contributed by atoms with Gasteiger partial charge in [0.2, 0.25) is 0 Å². The van der Waals surface area contributed by atoms with E-state index in [0.29, 0.717) is 0 Å². The van der Waals surface area contributed by atoms with Crippen molar-refractivity contribution in [3.63, 3.8) is 0 Å². The summed E-state index contributed by atoms with van der Waals surface area (Å²) in [6, 6.07) is 8.35. The fourth-order valence-electron chi connectivity index (χ4n) is 1.64. The van der Waals surface area contributed by atoms with Crippen molar-refractivity contribution in [2.75, 3.05) is 6.54 Å². The molecule has 2 aromatic rings. The van der Waals surface area contributed by atoms with Crippen LogP contribution >= 0.6 is 0 Å². The van der Waals surface area contributed by atoms with Gasteiger partial charge < -0.3 is 14.8 Å². The number of nitro groups is 1. The average Bonchev–Trinajstić information content (AvgIpc) is 3.02. The normalized spacial score (nSPS) is 10.5. The van der Waals surface area contributed by atoms with Crippen molar-refractivity contribution in [1.82, 2.24) is 10.7 Å². The molecule has 124 valence electrons. The van der Waals surface area contributed by atoms with Crippen LogP contribution in [0.4, 0.5) is 5.88 Å². The number of amides is 2. The van der Waals surface area contributed by atoms with Gasteiger partial charge in [-0.3, -0.25) is 19.7 Å². The van der Waals surface area contributed by atoms with E-state index < -0.39 is 22.6 Å². The topological polar surface area (TPSA) is 147 Å². The summed E-state index contributed by atoms with van der Waals surface area (Å²) in [5, 5.41) is 25.8.